The highest BCUT2D eigenvalue weighted by Gasteiger charge is 2.20. The third-order valence-corrected chi connectivity index (χ3v) is 6.56. The molecule has 0 unspecified atom stereocenters. The Hall–Kier alpha value is -3.79. The number of unbranched alkanes of at least 4 members (excludes halogenated alkanes) is 3. The fourth-order valence-electron chi connectivity index (χ4n) is 4.55. The van der Waals surface area contributed by atoms with Crippen molar-refractivity contribution in [2.45, 2.75) is 58.5 Å². The molecule has 4 aromatic rings. The van der Waals surface area contributed by atoms with Crippen LogP contribution in [0.25, 0.3) is 16.9 Å². The number of carbonyl (C=O) groups is 1. The van der Waals surface area contributed by atoms with E-state index in [-0.39, 0.29) is 0 Å². The average Bonchev–Trinajstić information content (AvgIpc) is 3.29. The number of benzene rings is 3. The first-order chi connectivity index (χ1) is 17.5. The van der Waals surface area contributed by atoms with Crippen LogP contribution in [0.4, 0.5) is 0 Å². The second kappa shape index (κ2) is 12.3. The van der Waals surface area contributed by atoms with Gasteiger partial charge in [-0.05, 0) is 85.0 Å². The van der Waals surface area contributed by atoms with E-state index in [0.717, 1.165) is 34.6 Å². The summed E-state index contributed by atoms with van der Waals surface area (Å²) in [6.07, 6.45) is 5.59. The second-order valence-electron chi connectivity index (χ2n) is 9.33. The van der Waals surface area contributed by atoms with Crippen molar-refractivity contribution in [3.63, 3.8) is 0 Å². The lowest BCUT2D eigenvalue weighted by atomic mass is 10.1. The molecule has 0 fully saturated rings. The van der Waals surface area contributed by atoms with E-state index in [9.17, 15) is 9.90 Å². The Labute approximate surface area is 214 Å². The Kier molecular flexibility index (Phi) is 8.62. The van der Waals surface area contributed by atoms with Gasteiger partial charge < -0.3 is 14.4 Å². The van der Waals surface area contributed by atoms with E-state index in [2.05, 4.69) is 54.8 Å². The van der Waals surface area contributed by atoms with Crippen molar-refractivity contribution < 1.29 is 14.6 Å². The summed E-state index contributed by atoms with van der Waals surface area (Å²) in [6, 6.07) is 30.4. The van der Waals surface area contributed by atoms with Gasteiger partial charge >= 0.3 is 5.97 Å². The zero-order chi connectivity index (χ0) is 25.3. The van der Waals surface area contributed by atoms with Crippen molar-refractivity contribution in [2.24, 2.45) is 0 Å². The molecule has 0 bridgehead atoms. The van der Waals surface area contributed by atoms with Gasteiger partial charge in [0.1, 0.15) is 5.75 Å². The Morgan fingerprint density at radius 2 is 1.56 bits per heavy atom. The SMILES string of the molecule is CCCCCCc1ccc(-n2c(C)ccc2-c2ccc(O[C@H](Cc3ccccc3)C(=O)O)cc2)cc1. The highest BCUT2D eigenvalue weighted by molar-refractivity contribution is 5.73. The fourth-order valence-corrected chi connectivity index (χ4v) is 4.55. The predicted molar refractivity (Wildman–Crippen MR) is 146 cm³/mol. The molecule has 0 saturated heterocycles. The molecule has 0 amide bonds. The molecule has 0 aliphatic rings. The number of aliphatic carboxylic acids is 1. The molecule has 0 radical (unpaired) electrons. The second-order valence-corrected chi connectivity index (χ2v) is 9.33. The van der Waals surface area contributed by atoms with Crippen LogP contribution in [0.5, 0.6) is 5.75 Å². The maximum absolute atomic E-state index is 11.8. The number of carboxylic acid groups (broad SMARTS) is 1. The number of hydrogen-bond acceptors (Lipinski definition) is 2. The number of nitrogens with zero attached hydrogens (tertiary/aromatic N) is 1. The summed E-state index contributed by atoms with van der Waals surface area (Å²) in [6.45, 7) is 4.35. The third-order valence-electron chi connectivity index (χ3n) is 6.56. The van der Waals surface area contributed by atoms with Gasteiger partial charge in [-0.15, -0.1) is 0 Å². The molecule has 36 heavy (non-hydrogen) atoms. The lowest BCUT2D eigenvalue weighted by Gasteiger charge is -2.16. The lowest BCUT2D eigenvalue weighted by molar-refractivity contribution is -0.145. The van der Waals surface area contributed by atoms with Crippen LogP contribution in [0.15, 0.2) is 91.0 Å². The van der Waals surface area contributed by atoms with Gasteiger partial charge in [-0.1, -0.05) is 68.7 Å². The summed E-state index contributed by atoms with van der Waals surface area (Å²) in [5.74, 6) is -0.425. The van der Waals surface area contributed by atoms with E-state index >= 15 is 0 Å². The van der Waals surface area contributed by atoms with E-state index in [1.807, 2.05) is 54.6 Å². The number of aromatic nitrogens is 1. The molecule has 4 nitrogen and oxygen atoms in total. The Balaban J connectivity index is 1.48. The normalized spacial score (nSPS) is 11.8. The van der Waals surface area contributed by atoms with Crippen molar-refractivity contribution in [1.82, 2.24) is 4.57 Å². The van der Waals surface area contributed by atoms with Crippen LogP contribution >= 0.6 is 0 Å². The first-order valence-electron chi connectivity index (χ1n) is 12.9. The van der Waals surface area contributed by atoms with Crippen molar-refractivity contribution in [3.8, 4) is 22.7 Å². The topological polar surface area (TPSA) is 51.5 Å². The summed E-state index contributed by atoms with van der Waals surface area (Å²) in [7, 11) is 0. The van der Waals surface area contributed by atoms with Crippen LogP contribution in [0.1, 0.15) is 49.4 Å². The van der Waals surface area contributed by atoms with Crippen molar-refractivity contribution in [1.29, 1.82) is 0 Å². The number of rotatable bonds is 12. The predicted octanol–water partition coefficient (Wildman–Crippen LogP) is 7.65. The highest BCUT2D eigenvalue weighted by Crippen LogP contribution is 2.29. The van der Waals surface area contributed by atoms with Gasteiger partial charge in [0.25, 0.3) is 0 Å². The van der Waals surface area contributed by atoms with Crippen molar-refractivity contribution >= 4 is 5.97 Å². The van der Waals surface area contributed by atoms with Crippen LogP contribution in [0.2, 0.25) is 0 Å². The Morgan fingerprint density at radius 1 is 0.833 bits per heavy atom. The molecular weight excluding hydrogens is 446 g/mol. The highest BCUT2D eigenvalue weighted by atomic mass is 16.5. The standard InChI is InChI=1S/C32H35NO3/c1-3-4-5-7-10-25-14-18-28(19-15-25)33-24(2)13-22-30(33)27-16-20-29(21-17-27)36-31(32(34)35)23-26-11-8-6-9-12-26/h6,8-9,11-22,31H,3-5,7,10,23H2,1-2H3,(H,34,35)/t31-/m1/s1. The molecule has 0 aliphatic carbocycles. The van der Waals surface area contributed by atoms with E-state index in [0.29, 0.717) is 12.2 Å². The van der Waals surface area contributed by atoms with E-state index in [4.69, 9.17) is 4.74 Å². The molecule has 186 valence electrons. The Bertz CT molecular complexity index is 1240. The molecule has 4 rings (SSSR count). The van der Waals surface area contributed by atoms with Gasteiger partial charge in [0.05, 0.1) is 5.69 Å². The maximum atomic E-state index is 11.8. The zero-order valence-electron chi connectivity index (χ0n) is 21.2. The number of hydrogen-bond donors (Lipinski definition) is 1. The summed E-state index contributed by atoms with van der Waals surface area (Å²) in [5.41, 5.74) is 6.75. The van der Waals surface area contributed by atoms with Crippen LogP contribution in [0.3, 0.4) is 0 Å². The molecule has 0 saturated carbocycles. The monoisotopic (exact) mass is 481 g/mol. The minimum absolute atomic E-state index is 0.314. The molecule has 1 heterocycles. The molecule has 0 aliphatic heterocycles. The number of carboxylic acids is 1. The van der Waals surface area contributed by atoms with Crippen molar-refractivity contribution in [3.05, 3.63) is 108 Å². The van der Waals surface area contributed by atoms with E-state index in [1.165, 1.54) is 31.2 Å². The van der Waals surface area contributed by atoms with Gasteiger partial charge in [-0.3, -0.25) is 0 Å². The number of ether oxygens (including phenoxy) is 1. The molecule has 3 aromatic carbocycles. The quantitative estimate of drug-likeness (QED) is 0.211. The summed E-state index contributed by atoms with van der Waals surface area (Å²) in [5, 5.41) is 9.66. The van der Waals surface area contributed by atoms with E-state index < -0.39 is 12.1 Å². The lowest BCUT2D eigenvalue weighted by Crippen LogP contribution is -2.29. The van der Waals surface area contributed by atoms with Gasteiger partial charge in [-0.2, -0.15) is 0 Å². The average molecular weight is 482 g/mol. The molecule has 1 atom stereocenters. The van der Waals surface area contributed by atoms with Gasteiger partial charge in [0.15, 0.2) is 6.10 Å². The minimum atomic E-state index is -0.971. The fraction of sp³-hybridized carbons (Fsp3) is 0.281. The van der Waals surface area contributed by atoms with Gasteiger partial charge in [-0.25, -0.2) is 4.79 Å². The molecule has 1 aromatic heterocycles. The first kappa shape index (κ1) is 25.3. The summed E-state index contributed by atoms with van der Waals surface area (Å²) in [4.78, 5) is 11.8. The molecule has 0 spiro atoms. The van der Waals surface area contributed by atoms with Crippen LogP contribution in [-0.4, -0.2) is 21.7 Å². The molecular formula is C32H35NO3. The Morgan fingerprint density at radius 3 is 2.22 bits per heavy atom. The van der Waals surface area contributed by atoms with Gasteiger partial charge in [0, 0.05) is 17.8 Å². The smallest absolute Gasteiger partial charge is 0.345 e. The van der Waals surface area contributed by atoms with Gasteiger partial charge in [0.2, 0.25) is 0 Å². The van der Waals surface area contributed by atoms with Crippen LogP contribution in [-0.2, 0) is 17.6 Å². The van der Waals surface area contributed by atoms with Crippen LogP contribution < -0.4 is 4.74 Å². The van der Waals surface area contributed by atoms with Crippen LogP contribution in [0, 0.1) is 6.92 Å². The largest absolute Gasteiger partial charge is 0.478 e. The van der Waals surface area contributed by atoms with E-state index in [1.54, 1.807) is 0 Å². The maximum Gasteiger partial charge on any atom is 0.345 e. The zero-order valence-corrected chi connectivity index (χ0v) is 21.2. The number of aryl methyl sites for hydroxylation is 2. The van der Waals surface area contributed by atoms with Crippen molar-refractivity contribution in [2.75, 3.05) is 0 Å². The minimum Gasteiger partial charge on any atom is -0.478 e. The third kappa shape index (κ3) is 6.45. The molecule has 1 N–H and O–H groups in total. The summed E-state index contributed by atoms with van der Waals surface area (Å²) >= 11 is 0. The molecule has 4 heteroatoms. The summed E-state index contributed by atoms with van der Waals surface area (Å²) < 4.78 is 8.10. The first-order valence-corrected chi connectivity index (χ1v) is 12.9.